The lowest BCUT2D eigenvalue weighted by atomic mass is 10.1. The Balaban J connectivity index is 2.06. The van der Waals surface area contributed by atoms with Crippen LogP contribution in [-0.2, 0) is 13.6 Å². The van der Waals surface area contributed by atoms with E-state index in [0.29, 0.717) is 16.7 Å². The van der Waals surface area contributed by atoms with Gasteiger partial charge in [0.2, 0.25) is 0 Å². The second kappa shape index (κ2) is 5.69. The van der Waals surface area contributed by atoms with Gasteiger partial charge in [0, 0.05) is 31.4 Å². The summed E-state index contributed by atoms with van der Waals surface area (Å²) in [5.41, 5.74) is 1.27. The first kappa shape index (κ1) is 14.0. The molecule has 2 aromatic rings. The molecule has 1 aromatic heterocycles. The number of hydrogen-bond donors (Lipinski definition) is 1. The van der Waals surface area contributed by atoms with Gasteiger partial charge in [0.25, 0.3) is 11.5 Å². The van der Waals surface area contributed by atoms with Gasteiger partial charge in [0.1, 0.15) is 5.82 Å². The molecule has 0 radical (unpaired) electrons. The Bertz CT molecular complexity index is 707. The van der Waals surface area contributed by atoms with Gasteiger partial charge in [0.05, 0.1) is 0 Å². The predicted molar refractivity (Wildman–Crippen MR) is 74.0 cm³/mol. The minimum Gasteiger partial charge on any atom is -0.348 e. The largest absolute Gasteiger partial charge is 0.348 e. The third-order valence-corrected chi connectivity index (χ3v) is 3.06. The van der Waals surface area contributed by atoms with Gasteiger partial charge in [-0.05, 0) is 30.2 Å². The molecule has 0 fully saturated rings. The molecule has 0 aliphatic carbocycles. The number of aromatic nitrogens is 1. The monoisotopic (exact) mass is 274 g/mol. The maximum atomic E-state index is 13.4. The zero-order valence-electron chi connectivity index (χ0n) is 11.3. The van der Waals surface area contributed by atoms with Crippen molar-refractivity contribution in [2.24, 2.45) is 7.05 Å². The predicted octanol–water partition coefficient (Wildman–Crippen LogP) is 1.76. The molecule has 0 saturated carbocycles. The molecule has 0 bridgehead atoms. The Labute approximate surface area is 115 Å². The van der Waals surface area contributed by atoms with Gasteiger partial charge in [-0.3, -0.25) is 9.59 Å². The minimum absolute atomic E-state index is 0.214. The smallest absolute Gasteiger partial charge is 0.251 e. The topological polar surface area (TPSA) is 51.1 Å². The molecule has 1 heterocycles. The molecule has 0 unspecified atom stereocenters. The van der Waals surface area contributed by atoms with Gasteiger partial charge < -0.3 is 9.88 Å². The van der Waals surface area contributed by atoms with Gasteiger partial charge in [-0.2, -0.15) is 0 Å². The lowest BCUT2D eigenvalue weighted by Crippen LogP contribution is -2.25. The molecule has 20 heavy (non-hydrogen) atoms. The number of rotatable bonds is 3. The first-order chi connectivity index (χ1) is 9.47. The van der Waals surface area contributed by atoms with Gasteiger partial charge in [-0.25, -0.2) is 4.39 Å². The van der Waals surface area contributed by atoms with Crippen LogP contribution >= 0.6 is 0 Å². The standard InChI is InChI=1S/C15H15FN2O2/c1-10-3-4-11(7-13(10)16)9-17-15(20)12-5-6-18(2)14(19)8-12/h3-8H,9H2,1-2H3,(H,17,20). The second-order valence-corrected chi connectivity index (χ2v) is 4.63. The van der Waals surface area contributed by atoms with Crippen molar-refractivity contribution in [3.05, 3.63) is 69.4 Å². The summed E-state index contributed by atoms with van der Waals surface area (Å²) in [6.07, 6.45) is 1.53. The van der Waals surface area contributed by atoms with Crippen molar-refractivity contribution >= 4 is 5.91 Å². The Kier molecular flexibility index (Phi) is 3.98. The molecule has 5 heteroatoms. The molecule has 0 spiro atoms. The normalized spacial score (nSPS) is 10.3. The van der Waals surface area contributed by atoms with Crippen molar-refractivity contribution in [2.45, 2.75) is 13.5 Å². The molecule has 2 rings (SSSR count). The number of carbonyl (C=O) groups excluding carboxylic acids is 1. The molecule has 0 atom stereocenters. The van der Waals surface area contributed by atoms with Gasteiger partial charge in [0.15, 0.2) is 0 Å². The lowest BCUT2D eigenvalue weighted by Gasteiger charge is -2.07. The zero-order valence-corrected chi connectivity index (χ0v) is 11.3. The van der Waals surface area contributed by atoms with Crippen molar-refractivity contribution in [3.63, 3.8) is 0 Å². The van der Waals surface area contributed by atoms with Crippen LogP contribution in [0.15, 0.2) is 41.3 Å². The summed E-state index contributed by atoms with van der Waals surface area (Å²) >= 11 is 0. The summed E-state index contributed by atoms with van der Waals surface area (Å²) in [6, 6.07) is 7.63. The second-order valence-electron chi connectivity index (χ2n) is 4.63. The number of hydrogen-bond acceptors (Lipinski definition) is 2. The van der Waals surface area contributed by atoms with E-state index in [1.165, 1.54) is 22.9 Å². The fourth-order valence-electron chi connectivity index (χ4n) is 1.72. The number of pyridine rings is 1. The highest BCUT2D eigenvalue weighted by Crippen LogP contribution is 2.09. The highest BCUT2D eigenvalue weighted by atomic mass is 19.1. The maximum absolute atomic E-state index is 13.4. The maximum Gasteiger partial charge on any atom is 0.251 e. The van der Waals surface area contributed by atoms with Crippen LogP contribution in [0, 0.1) is 12.7 Å². The molecule has 0 aliphatic rings. The van der Waals surface area contributed by atoms with E-state index in [9.17, 15) is 14.0 Å². The molecular weight excluding hydrogens is 259 g/mol. The van der Waals surface area contributed by atoms with Crippen LogP contribution in [0.4, 0.5) is 4.39 Å². The van der Waals surface area contributed by atoms with Crippen LogP contribution in [0.3, 0.4) is 0 Å². The van der Waals surface area contributed by atoms with Gasteiger partial charge in [-0.1, -0.05) is 12.1 Å². The third-order valence-electron chi connectivity index (χ3n) is 3.06. The summed E-state index contributed by atoms with van der Waals surface area (Å²) in [6.45, 7) is 1.89. The summed E-state index contributed by atoms with van der Waals surface area (Å²) in [5, 5.41) is 2.65. The molecule has 4 nitrogen and oxygen atoms in total. The average Bonchev–Trinajstić information content (AvgIpc) is 2.43. The van der Waals surface area contributed by atoms with E-state index in [1.54, 1.807) is 32.2 Å². The van der Waals surface area contributed by atoms with Gasteiger partial charge in [-0.15, -0.1) is 0 Å². The van der Waals surface area contributed by atoms with E-state index >= 15 is 0 Å². The Morgan fingerprint density at radius 2 is 2.05 bits per heavy atom. The quantitative estimate of drug-likeness (QED) is 0.927. The number of halogens is 1. The van der Waals surface area contributed by atoms with Crippen LogP contribution in [0.1, 0.15) is 21.5 Å². The lowest BCUT2D eigenvalue weighted by molar-refractivity contribution is 0.0950. The van der Waals surface area contributed by atoms with E-state index in [2.05, 4.69) is 5.32 Å². The number of amides is 1. The minimum atomic E-state index is -0.358. The molecule has 1 N–H and O–H groups in total. The van der Waals surface area contributed by atoms with Crippen LogP contribution in [-0.4, -0.2) is 10.5 Å². The third kappa shape index (κ3) is 3.12. The molecular formula is C15H15FN2O2. The van der Waals surface area contributed by atoms with Crippen molar-refractivity contribution in [3.8, 4) is 0 Å². The first-order valence-electron chi connectivity index (χ1n) is 6.17. The first-order valence-corrected chi connectivity index (χ1v) is 6.17. The van der Waals surface area contributed by atoms with E-state index in [1.807, 2.05) is 0 Å². The molecule has 0 aliphatic heterocycles. The molecule has 104 valence electrons. The van der Waals surface area contributed by atoms with E-state index in [-0.39, 0.29) is 23.8 Å². The van der Waals surface area contributed by atoms with Crippen molar-refractivity contribution < 1.29 is 9.18 Å². The van der Waals surface area contributed by atoms with Gasteiger partial charge >= 0.3 is 0 Å². The molecule has 0 saturated heterocycles. The van der Waals surface area contributed by atoms with E-state index < -0.39 is 0 Å². The number of benzene rings is 1. The Morgan fingerprint density at radius 3 is 2.70 bits per heavy atom. The summed E-state index contributed by atoms with van der Waals surface area (Å²) in [7, 11) is 1.61. The van der Waals surface area contributed by atoms with Crippen LogP contribution < -0.4 is 10.9 Å². The number of nitrogens with one attached hydrogen (secondary N) is 1. The van der Waals surface area contributed by atoms with Crippen LogP contribution in [0.2, 0.25) is 0 Å². The summed E-state index contributed by atoms with van der Waals surface area (Å²) < 4.78 is 14.7. The van der Waals surface area contributed by atoms with Crippen molar-refractivity contribution in [1.29, 1.82) is 0 Å². The Morgan fingerprint density at radius 1 is 1.30 bits per heavy atom. The SMILES string of the molecule is Cc1ccc(CNC(=O)c2ccn(C)c(=O)c2)cc1F. The van der Waals surface area contributed by atoms with Crippen molar-refractivity contribution in [1.82, 2.24) is 9.88 Å². The molecule has 1 aromatic carbocycles. The number of nitrogens with zero attached hydrogens (tertiary/aromatic N) is 1. The fourth-order valence-corrected chi connectivity index (χ4v) is 1.72. The van der Waals surface area contributed by atoms with E-state index in [0.717, 1.165) is 0 Å². The van der Waals surface area contributed by atoms with E-state index in [4.69, 9.17) is 0 Å². The number of aryl methyl sites for hydroxylation is 2. The summed E-state index contributed by atoms with van der Waals surface area (Å²) in [5.74, 6) is -0.658. The number of carbonyl (C=O) groups is 1. The molecule has 1 amide bonds. The van der Waals surface area contributed by atoms with Crippen LogP contribution in [0.5, 0.6) is 0 Å². The van der Waals surface area contributed by atoms with Crippen LogP contribution in [0.25, 0.3) is 0 Å². The highest BCUT2D eigenvalue weighted by Gasteiger charge is 2.07. The zero-order chi connectivity index (χ0) is 14.7. The fraction of sp³-hybridized carbons (Fsp3) is 0.200. The average molecular weight is 274 g/mol. The Hall–Kier alpha value is -2.43. The highest BCUT2D eigenvalue weighted by molar-refractivity contribution is 5.93. The van der Waals surface area contributed by atoms with Crippen molar-refractivity contribution in [2.75, 3.05) is 0 Å². The summed E-state index contributed by atoms with van der Waals surface area (Å²) in [4.78, 5) is 23.3.